The third-order valence-corrected chi connectivity index (χ3v) is 2.71. The highest BCUT2D eigenvalue weighted by atomic mass is 32.1. The largest absolute Gasteiger partial charge is 0.478 e. The van der Waals surface area contributed by atoms with E-state index < -0.39 is 5.97 Å². The van der Waals surface area contributed by atoms with Crippen molar-refractivity contribution < 1.29 is 9.90 Å². The molecule has 0 aliphatic rings. The van der Waals surface area contributed by atoms with Gasteiger partial charge in [0.1, 0.15) is 6.07 Å². The lowest BCUT2D eigenvalue weighted by Gasteiger charge is -2.08. The predicted octanol–water partition coefficient (Wildman–Crippen LogP) is 2.16. The lowest BCUT2D eigenvalue weighted by atomic mass is 10.0. The second-order valence-corrected chi connectivity index (χ2v) is 3.45. The molecular formula is C10H9NO2S. The average molecular weight is 207 g/mol. The Balaban J connectivity index is 3.62. The molecule has 0 bridgehead atoms. The van der Waals surface area contributed by atoms with Crippen LogP contribution in [0.15, 0.2) is 11.0 Å². The van der Waals surface area contributed by atoms with Crippen LogP contribution in [0.2, 0.25) is 0 Å². The third kappa shape index (κ3) is 1.59. The van der Waals surface area contributed by atoms with Gasteiger partial charge in [-0.15, -0.1) is 12.6 Å². The van der Waals surface area contributed by atoms with E-state index in [1.807, 2.05) is 13.0 Å². The number of aromatic carboxylic acids is 1. The van der Waals surface area contributed by atoms with Gasteiger partial charge in [0.15, 0.2) is 0 Å². The van der Waals surface area contributed by atoms with Gasteiger partial charge in [-0.05, 0) is 31.0 Å². The van der Waals surface area contributed by atoms with Crippen LogP contribution in [0, 0.1) is 25.2 Å². The number of carbonyl (C=O) groups is 1. The molecule has 1 N–H and O–H groups in total. The molecule has 0 heterocycles. The van der Waals surface area contributed by atoms with Gasteiger partial charge in [-0.25, -0.2) is 4.79 Å². The van der Waals surface area contributed by atoms with Gasteiger partial charge in [-0.2, -0.15) is 5.26 Å². The summed E-state index contributed by atoms with van der Waals surface area (Å²) in [4.78, 5) is 11.3. The van der Waals surface area contributed by atoms with Crippen LogP contribution in [0.4, 0.5) is 0 Å². The second kappa shape index (κ2) is 3.72. The molecule has 72 valence electrons. The molecule has 0 aromatic heterocycles. The molecule has 0 fully saturated rings. The minimum absolute atomic E-state index is 0.0144. The van der Waals surface area contributed by atoms with Crippen LogP contribution in [0.1, 0.15) is 27.0 Å². The summed E-state index contributed by atoms with van der Waals surface area (Å²) in [5, 5.41) is 17.7. The zero-order valence-electron chi connectivity index (χ0n) is 7.83. The van der Waals surface area contributed by atoms with Gasteiger partial charge < -0.3 is 5.11 Å². The average Bonchev–Trinajstić information content (AvgIpc) is 2.13. The van der Waals surface area contributed by atoms with Gasteiger partial charge in [-0.3, -0.25) is 0 Å². The maximum Gasteiger partial charge on any atom is 0.337 e. The van der Waals surface area contributed by atoms with Gasteiger partial charge in [0.05, 0.1) is 11.1 Å². The normalized spacial score (nSPS) is 9.57. The molecule has 0 saturated carbocycles. The van der Waals surface area contributed by atoms with Crippen molar-refractivity contribution in [3.8, 4) is 6.07 Å². The van der Waals surface area contributed by atoms with E-state index >= 15 is 0 Å². The summed E-state index contributed by atoms with van der Waals surface area (Å²) in [6.07, 6.45) is 0. The number of nitriles is 1. The molecule has 3 nitrogen and oxygen atoms in total. The van der Waals surface area contributed by atoms with Crippen molar-refractivity contribution in [1.29, 1.82) is 5.26 Å². The maximum absolute atomic E-state index is 10.8. The van der Waals surface area contributed by atoms with E-state index in [4.69, 9.17) is 10.4 Å². The minimum Gasteiger partial charge on any atom is -0.478 e. The highest BCUT2D eigenvalue weighted by Crippen LogP contribution is 2.25. The molecule has 0 radical (unpaired) electrons. The second-order valence-electron chi connectivity index (χ2n) is 3.01. The van der Waals surface area contributed by atoms with E-state index in [-0.39, 0.29) is 11.1 Å². The van der Waals surface area contributed by atoms with Crippen molar-refractivity contribution >= 4 is 18.6 Å². The van der Waals surface area contributed by atoms with Crippen LogP contribution in [0.5, 0.6) is 0 Å². The van der Waals surface area contributed by atoms with Crippen LogP contribution >= 0.6 is 12.6 Å². The first-order chi connectivity index (χ1) is 6.49. The maximum atomic E-state index is 10.8. The van der Waals surface area contributed by atoms with Gasteiger partial charge >= 0.3 is 5.97 Å². The first-order valence-corrected chi connectivity index (χ1v) is 4.40. The summed E-state index contributed by atoms with van der Waals surface area (Å²) < 4.78 is 0. The molecule has 1 rings (SSSR count). The number of carboxylic acids is 1. The number of thiol groups is 1. The van der Waals surface area contributed by atoms with Crippen molar-refractivity contribution in [1.82, 2.24) is 0 Å². The Morgan fingerprint density at radius 2 is 2.14 bits per heavy atom. The number of rotatable bonds is 1. The van der Waals surface area contributed by atoms with Gasteiger partial charge in [0.2, 0.25) is 0 Å². The molecule has 0 atom stereocenters. The number of aryl methyl sites for hydroxylation is 1. The summed E-state index contributed by atoms with van der Waals surface area (Å²) >= 11 is 4.14. The molecular weight excluding hydrogens is 198 g/mol. The van der Waals surface area contributed by atoms with Crippen molar-refractivity contribution in [2.24, 2.45) is 0 Å². The molecule has 1 aromatic rings. The quantitative estimate of drug-likeness (QED) is 0.694. The fourth-order valence-electron chi connectivity index (χ4n) is 1.18. The molecule has 0 spiro atoms. The summed E-state index contributed by atoms with van der Waals surface area (Å²) in [7, 11) is 0. The van der Waals surface area contributed by atoms with Crippen molar-refractivity contribution in [3.63, 3.8) is 0 Å². The zero-order chi connectivity index (χ0) is 10.9. The Morgan fingerprint density at radius 3 is 2.57 bits per heavy atom. The molecule has 4 heteroatoms. The topological polar surface area (TPSA) is 61.1 Å². The highest BCUT2D eigenvalue weighted by Gasteiger charge is 2.15. The molecule has 0 amide bonds. The number of hydrogen-bond donors (Lipinski definition) is 2. The molecule has 14 heavy (non-hydrogen) atoms. The SMILES string of the molecule is Cc1cc(C(=O)O)c(C#N)c(S)c1C. The monoisotopic (exact) mass is 207 g/mol. The van der Waals surface area contributed by atoms with Crippen LogP contribution in [0.25, 0.3) is 0 Å². The molecule has 0 aliphatic carbocycles. The van der Waals surface area contributed by atoms with Gasteiger partial charge in [0.25, 0.3) is 0 Å². The van der Waals surface area contributed by atoms with Crippen LogP contribution in [-0.2, 0) is 0 Å². The smallest absolute Gasteiger partial charge is 0.337 e. The van der Waals surface area contributed by atoms with E-state index in [1.165, 1.54) is 6.07 Å². The third-order valence-electron chi connectivity index (χ3n) is 2.16. The Labute approximate surface area is 87.4 Å². The number of carboxylic acid groups (broad SMARTS) is 1. The van der Waals surface area contributed by atoms with E-state index in [1.54, 1.807) is 6.92 Å². The van der Waals surface area contributed by atoms with E-state index in [9.17, 15) is 4.79 Å². The Kier molecular flexibility index (Phi) is 2.82. The Morgan fingerprint density at radius 1 is 1.57 bits per heavy atom. The Hall–Kier alpha value is -1.47. The van der Waals surface area contributed by atoms with Gasteiger partial charge in [-0.1, -0.05) is 0 Å². The van der Waals surface area contributed by atoms with Crippen molar-refractivity contribution in [2.75, 3.05) is 0 Å². The van der Waals surface area contributed by atoms with Crippen LogP contribution in [-0.4, -0.2) is 11.1 Å². The molecule has 0 unspecified atom stereocenters. The van der Waals surface area contributed by atoms with Crippen molar-refractivity contribution in [2.45, 2.75) is 18.7 Å². The standard InChI is InChI=1S/C10H9NO2S/c1-5-3-7(10(12)13)8(4-11)9(14)6(5)2/h3,14H,1-2H3,(H,12,13). The number of nitrogens with zero attached hydrogens (tertiary/aromatic N) is 1. The zero-order valence-corrected chi connectivity index (χ0v) is 8.72. The van der Waals surface area contributed by atoms with Crippen LogP contribution in [0.3, 0.4) is 0 Å². The van der Waals surface area contributed by atoms with E-state index in [0.717, 1.165) is 11.1 Å². The number of hydrogen-bond acceptors (Lipinski definition) is 3. The highest BCUT2D eigenvalue weighted by molar-refractivity contribution is 7.80. The predicted molar refractivity (Wildman–Crippen MR) is 54.8 cm³/mol. The Bertz CT molecular complexity index is 446. The molecule has 0 aliphatic heterocycles. The summed E-state index contributed by atoms with van der Waals surface area (Å²) in [6.45, 7) is 3.60. The van der Waals surface area contributed by atoms with Crippen molar-refractivity contribution in [3.05, 3.63) is 28.3 Å². The first-order valence-electron chi connectivity index (χ1n) is 3.95. The van der Waals surface area contributed by atoms with E-state index in [2.05, 4.69) is 12.6 Å². The lowest BCUT2D eigenvalue weighted by Crippen LogP contribution is -2.03. The lowest BCUT2D eigenvalue weighted by molar-refractivity contribution is 0.0696. The van der Waals surface area contributed by atoms with Crippen LogP contribution < -0.4 is 0 Å². The van der Waals surface area contributed by atoms with Gasteiger partial charge in [0, 0.05) is 4.90 Å². The molecule has 1 aromatic carbocycles. The summed E-state index contributed by atoms with van der Waals surface area (Å²) in [5.41, 5.74) is 1.81. The summed E-state index contributed by atoms with van der Waals surface area (Å²) in [5.74, 6) is -1.10. The number of benzene rings is 1. The first kappa shape index (κ1) is 10.6. The summed E-state index contributed by atoms with van der Waals surface area (Å²) in [6, 6.07) is 3.35. The minimum atomic E-state index is -1.10. The fraction of sp³-hybridized carbons (Fsp3) is 0.200. The molecule has 0 saturated heterocycles. The van der Waals surface area contributed by atoms with E-state index in [0.29, 0.717) is 4.90 Å². The fourth-order valence-corrected chi connectivity index (χ4v) is 1.53.